The van der Waals surface area contributed by atoms with Gasteiger partial charge in [-0.15, -0.1) is 11.6 Å². The molecule has 3 rings (SSSR count). The van der Waals surface area contributed by atoms with Gasteiger partial charge in [0.25, 0.3) is 0 Å². The van der Waals surface area contributed by atoms with Crippen molar-refractivity contribution < 1.29 is 9.59 Å². The fraction of sp³-hybridized carbons (Fsp3) is 0.556. The van der Waals surface area contributed by atoms with Crippen LogP contribution in [0.15, 0.2) is 18.2 Å². The van der Waals surface area contributed by atoms with Crippen molar-refractivity contribution in [3.8, 4) is 0 Å². The lowest BCUT2D eigenvalue weighted by molar-refractivity contribution is -0.123. The van der Waals surface area contributed by atoms with Gasteiger partial charge in [0.2, 0.25) is 5.91 Å². The summed E-state index contributed by atoms with van der Waals surface area (Å²) in [6.45, 7) is 2.09. The van der Waals surface area contributed by atoms with E-state index in [0.717, 1.165) is 43.4 Å². The summed E-state index contributed by atoms with van der Waals surface area (Å²) in [7, 11) is 0. The maximum Gasteiger partial charge on any atom is 0.230 e. The monoisotopic (exact) mass is 319 g/mol. The van der Waals surface area contributed by atoms with Crippen molar-refractivity contribution in [3.05, 3.63) is 29.3 Å². The van der Waals surface area contributed by atoms with Gasteiger partial charge in [-0.1, -0.05) is 19.3 Å². The maximum atomic E-state index is 12.9. The van der Waals surface area contributed by atoms with Gasteiger partial charge in [0, 0.05) is 23.2 Å². The Bertz CT molecular complexity index is 593. The van der Waals surface area contributed by atoms with E-state index in [1.54, 1.807) is 6.07 Å². The molecule has 2 aliphatic rings. The summed E-state index contributed by atoms with van der Waals surface area (Å²) in [6, 6.07) is 5.79. The van der Waals surface area contributed by atoms with E-state index in [2.05, 4.69) is 6.92 Å². The topological polar surface area (TPSA) is 37.4 Å². The molecular weight excluding hydrogens is 298 g/mol. The second-order valence-corrected chi connectivity index (χ2v) is 6.76. The van der Waals surface area contributed by atoms with E-state index in [1.807, 2.05) is 17.0 Å². The number of amides is 1. The highest BCUT2D eigenvalue weighted by Crippen LogP contribution is 2.36. The summed E-state index contributed by atoms with van der Waals surface area (Å²) < 4.78 is 0. The number of benzene rings is 1. The van der Waals surface area contributed by atoms with Gasteiger partial charge in [0.05, 0.1) is 5.88 Å². The lowest BCUT2D eigenvalue weighted by Crippen LogP contribution is -2.40. The van der Waals surface area contributed by atoms with Crippen molar-refractivity contribution in [3.63, 3.8) is 0 Å². The first-order valence-electron chi connectivity index (χ1n) is 8.17. The molecule has 1 unspecified atom stereocenters. The minimum absolute atomic E-state index is 0.000933. The number of Topliss-reactive ketones (excluding diaryl/α,β-unsaturated/α-hetero) is 1. The zero-order valence-electron chi connectivity index (χ0n) is 13.0. The quantitative estimate of drug-likeness (QED) is 0.624. The van der Waals surface area contributed by atoms with Crippen LogP contribution in [-0.2, 0) is 11.2 Å². The minimum atomic E-state index is -0.0609. The third kappa shape index (κ3) is 2.79. The Morgan fingerprint density at radius 1 is 1.23 bits per heavy atom. The van der Waals surface area contributed by atoms with E-state index in [1.165, 1.54) is 6.42 Å². The number of halogens is 1. The molecule has 1 amide bonds. The van der Waals surface area contributed by atoms with Gasteiger partial charge in [0.1, 0.15) is 0 Å². The number of ketones is 1. The highest BCUT2D eigenvalue weighted by molar-refractivity contribution is 6.30. The molecule has 1 saturated carbocycles. The summed E-state index contributed by atoms with van der Waals surface area (Å²) in [5.41, 5.74) is 2.72. The molecule has 0 N–H and O–H groups in total. The van der Waals surface area contributed by atoms with Crippen LogP contribution in [0.4, 0.5) is 5.69 Å². The van der Waals surface area contributed by atoms with Gasteiger partial charge in [-0.3, -0.25) is 9.59 Å². The Morgan fingerprint density at radius 3 is 2.64 bits per heavy atom. The molecule has 1 atom stereocenters. The molecule has 22 heavy (non-hydrogen) atoms. The summed E-state index contributed by atoms with van der Waals surface area (Å²) in [5.74, 6) is 0.377. The molecule has 1 aliphatic carbocycles. The Morgan fingerprint density at radius 2 is 1.95 bits per heavy atom. The van der Waals surface area contributed by atoms with Crippen LogP contribution in [0.1, 0.15) is 54.9 Å². The summed E-state index contributed by atoms with van der Waals surface area (Å²) in [4.78, 5) is 26.6. The van der Waals surface area contributed by atoms with E-state index in [0.29, 0.717) is 5.56 Å². The fourth-order valence-electron chi connectivity index (χ4n) is 3.76. The number of anilines is 1. The zero-order valence-corrected chi connectivity index (χ0v) is 13.7. The van der Waals surface area contributed by atoms with Crippen LogP contribution in [0.2, 0.25) is 0 Å². The van der Waals surface area contributed by atoms with Crippen LogP contribution in [-0.4, -0.2) is 23.6 Å². The van der Waals surface area contributed by atoms with Crippen molar-refractivity contribution in [2.45, 2.75) is 51.5 Å². The predicted molar refractivity (Wildman–Crippen MR) is 88.7 cm³/mol. The second-order valence-electron chi connectivity index (χ2n) is 6.50. The molecule has 0 saturated heterocycles. The first-order valence-corrected chi connectivity index (χ1v) is 8.70. The summed E-state index contributed by atoms with van der Waals surface area (Å²) >= 11 is 5.63. The third-order valence-electron chi connectivity index (χ3n) is 4.93. The van der Waals surface area contributed by atoms with E-state index >= 15 is 0 Å². The predicted octanol–water partition coefficient (Wildman–Crippen LogP) is 3.97. The van der Waals surface area contributed by atoms with Crippen LogP contribution in [0.25, 0.3) is 0 Å². The molecule has 1 heterocycles. The molecule has 1 aliphatic heterocycles. The standard InChI is InChI=1S/C18H22ClNO2/c1-12-9-15-10-14(17(21)11-19)7-8-16(15)20(12)18(22)13-5-3-2-4-6-13/h7-8,10,12-13H,2-6,9,11H2,1H3. The van der Waals surface area contributed by atoms with Gasteiger partial charge < -0.3 is 4.90 Å². The van der Waals surface area contributed by atoms with Gasteiger partial charge in [-0.05, 0) is 49.9 Å². The third-order valence-corrected chi connectivity index (χ3v) is 5.17. The van der Waals surface area contributed by atoms with Crippen molar-refractivity contribution in [1.82, 2.24) is 0 Å². The fourth-order valence-corrected chi connectivity index (χ4v) is 3.92. The number of hydrogen-bond donors (Lipinski definition) is 0. The lowest BCUT2D eigenvalue weighted by atomic mass is 9.88. The van der Waals surface area contributed by atoms with E-state index in [4.69, 9.17) is 11.6 Å². The minimum Gasteiger partial charge on any atom is -0.309 e. The van der Waals surface area contributed by atoms with Crippen LogP contribution in [0.5, 0.6) is 0 Å². The Labute approximate surface area is 136 Å². The van der Waals surface area contributed by atoms with Crippen LogP contribution >= 0.6 is 11.6 Å². The Hall–Kier alpha value is -1.35. The number of carbonyl (C=O) groups is 2. The number of alkyl halides is 1. The zero-order chi connectivity index (χ0) is 15.7. The number of nitrogens with zero attached hydrogens (tertiary/aromatic N) is 1. The van der Waals surface area contributed by atoms with Crippen molar-refractivity contribution in [2.24, 2.45) is 5.92 Å². The molecule has 1 aromatic carbocycles. The average molecular weight is 320 g/mol. The van der Waals surface area contributed by atoms with Crippen LogP contribution in [0.3, 0.4) is 0 Å². The molecule has 0 bridgehead atoms. The molecule has 0 aromatic heterocycles. The smallest absolute Gasteiger partial charge is 0.230 e. The number of hydrogen-bond acceptors (Lipinski definition) is 2. The molecule has 3 nitrogen and oxygen atoms in total. The van der Waals surface area contributed by atoms with E-state index in [9.17, 15) is 9.59 Å². The highest BCUT2D eigenvalue weighted by atomic mass is 35.5. The molecule has 4 heteroatoms. The molecule has 118 valence electrons. The van der Waals surface area contributed by atoms with Gasteiger partial charge >= 0.3 is 0 Å². The number of carbonyl (C=O) groups excluding carboxylic acids is 2. The van der Waals surface area contributed by atoms with Crippen molar-refractivity contribution >= 4 is 29.0 Å². The maximum absolute atomic E-state index is 12.9. The highest BCUT2D eigenvalue weighted by Gasteiger charge is 2.35. The molecule has 1 aromatic rings. The normalized spacial score (nSPS) is 21.7. The lowest BCUT2D eigenvalue weighted by Gasteiger charge is -2.29. The van der Waals surface area contributed by atoms with Gasteiger partial charge in [-0.25, -0.2) is 0 Å². The van der Waals surface area contributed by atoms with Crippen molar-refractivity contribution in [2.75, 3.05) is 10.8 Å². The first-order chi connectivity index (χ1) is 10.6. The average Bonchev–Trinajstić information content (AvgIpc) is 2.89. The van der Waals surface area contributed by atoms with Crippen LogP contribution in [0, 0.1) is 5.92 Å². The Kier molecular flexibility index (Phi) is 4.53. The van der Waals surface area contributed by atoms with E-state index < -0.39 is 0 Å². The molecule has 0 radical (unpaired) electrons. The number of fused-ring (bicyclic) bond motifs is 1. The Balaban J connectivity index is 1.86. The second kappa shape index (κ2) is 6.41. The van der Waals surface area contributed by atoms with Gasteiger partial charge in [-0.2, -0.15) is 0 Å². The van der Waals surface area contributed by atoms with Crippen molar-refractivity contribution in [1.29, 1.82) is 0 Å². The molecular formula is C18H22ClNO2. The first kappa shape index (κ1) is 15.5. The summed E-state index contributed by atoms with van der Waals surface area (Å²) in [5, 5.41) is 0. The molecule has 0 spiro atoms. The van der Waals surface area contributed by atoms with E-state index in [-0.39, 0.29) is 29.5 Å². The largest absolute Gasteiger partial charge is 0.309 e. The molecule has 1 fully saturated rings. The summed E-state index contributed by atoms with van der Waals surface area (Å²) in [6.07, 6.45) is 6.42. The van der Waals surface area contributed by atoms with Crippen LogP contribution < -0.4 is 4.90 Å². The van der Waals surface area contributed by atoms with Gasteiger partial charge in [0.15, 0.2) is 5.78 Å². The SMILES string of the molecule is CC1Cc2cc(C(=O)CCl)ccc2N1C(=O)C1CCCCC1. The number of rotatable bonds is 3.